The van der Waals surface area contributed by atoms with Gasteiger partial charge in [-0.1, -0.05) is 12.1 Å². The van der Waals surface area contributed by atoms with E-state index in [1.165, 1.54) is 6.07 Å². The van der Waals surface area contributed by atoms with Crippen molar-refractivity contribution < 1.29 is 9.18 Å². The minimum atomic E-state index is -0.525. The Bertz CT molecular complexity index is 410. The molecule has 94 valence electrons. The van der Waals surface area contributed by atoms with Gasteiger partial charge >= 0.3 is 0 Å². The monoisotopic (exact) mass is 238 g/mol. The number of nitrogens with one attached hydrogen (secondary N) is 1. The van der Waals surface area contributed by atoms with E-state index in [1.54, 1.807) is 32.9 Å². The van der Waals surface area contributed by atoms with Crippen LogP contribution in [0.2, 0.25) is 0 Å². The summed E-state index contributed by atoms with van der Waals surface area (Å²) in [6.07, 6.45) is 0.251. The van der Waals surface area contributed by atoms with Gasteiger partial charge < -0.3 is 11.1 Å². The van der Waals surface area contributed by atoms with Crippen LogP contribution in [0.25, 0.3) is 0 Å². The van der Waals surface area contributed by atoms with Crippen molar-refractivity contribution in [2.24, 2.45) is 5.73 Å². The molecule has 0 spiro atoms. The number of nitrogens with two attached hydrogens (primary N) is 1. The summed E-state index contributed by atoms with van der Waals surface area (Å²) < 4.78 is 13.2. The van der Waals surface area contributed by atoms with E-state index in [1.807, 2.05) is 0 Å². The molecule has 0 heterocycles. The Labute approximate surface area is 101 Å². The van der Waals surface area contributed by atoms with Gasteiger partial charge in [-0.25, -0.2) is 4.39 Å². The number of rotatable bonds is 4. The summed E-state index contributed by atoms with van der Waals surface area (Å²) in [7, 11) is 0. The van der Waals surface area contributed by atoms with Gasteiger partial charge in [-0.3, -0.25) is 4.79 Å². The van der Waals surface area contributed by atoms with Crippen molar-refractivity contribution in [2.75, 3.05) is 0 Å². The van der Waals surface area contributed by atoms with Gasteiger partial charge in [-0.05, 0) is 38.0 Å². The van der Waals surface area contributed by atoms with E-state index in [-0.39, 0.29) is 18.1 Å². The number of halogens is 1. The van der Waals surface area contributed by atoms with Crippen LogP contribution >= 0.6 is 0 Å². The lowest BCUT2D eigenvalue weighted by molar-refractivity contribution is -0.122. The third kappa shape index (κ3) is 4.95. The van der Waals surface area contributed by atoms with Gasteiger partial charge in [0.2, 0.25) is 5.91 Å². The molecule has 1 rings (SSSR count). The van der Waals surface area contributed by atoms with Crippen molar-refractivity contribution >= 4 is 5.91 Å². The van der Waals surface area contributed by atoms with Crippen LogP contribution in [-0.4, -0.2) is 11.4 Å². The highest BCUT2D eigenvalue weighted by Crippen LogP contribution is 2.09. The van der Waals surface area contributed by atoms with Crippen LogP contribution in [-0.2, 0) is 11.3 Å². The molecule has 0 saturated heterocycles. The van der Waals surface area contributed by atoms with Crippen molar-refractivity contribution in [3.05, 3.63) is 35.1 Å². The van der Waals surface area contributed by atoms with Crippen molar-refractivity contribution in [3.63, 3.8) is 0 Å². The smallest absolute Gasteiger partial charge is 0.222 e. The molecule has 1 amide bonds. The lowest BCUT2D eigenvalue weighted by Gasteiger charge is -2.17. The van der Waals surface area contributed by atoms with E-state index in [0.29, 0.717) is 12.1 Å². The topological polar surface area (TPSA) is 55.1 Å². The molecule has 0 bridgehead atoms. The number of carbonyl (C=O) groups excluding carboxylic acids is 1. The zero-order chi connectivity index (χ0) is 13.1. The zero-order valence-corrected chi connectivity index (χ0v) is 10.5. The van der Waals surface area contributed by atoms with Gasteiger partial charge in [0, 0.05) is 18.5 Å². The number of benzene rings is 1. The molecule has 1 aromatic rings. The van der Waals surface area contributed by atoms with Crippen molar-refractivity contribution in [1.82, 2.24) is 5.32 Å². The minimum Gasteiger partial charge on any atom is -0.352 e. The first-order valence-electron chi connectivity index (χ1n) is 5.58. The van der Waals surface area contributed by atoms with Crippen LogP contribution in [0.15, 0.2) is 18.2 Å². The predicted molar refractivity (Wildman–Crippen MR) is 65.9 cm³/mol. The first kappa shape index (κ1) is 13.6. The number of hydrogen-bond donors (Lipinski definition) is 2. The number of aryl methyl sites for hydroxylation is 1. The van der Waals surface area contributed by atoms with Crippen LogP contribution in [0.4, 0.5) is 4.39 Å². The van der Waals surface area contributed by atoms with Gasteiger partial charge in [0.1, 0.15) is 5.82 Å². The second kappa shape index (κ2) is 5.27. The number of hydrogen-bond acceptors (Lipinski definition) is 2. The molecule has 0 aliphatic carbocycles. The van der Waals surface area contributed by atoms with Gasteiger partial charge in [-0.15, -0.1) is 0 Å². The van der Waals surface area contributed by atoms with Gasteiger partial charge in [0.15, 0.2) is 0 Å². The fourth-order valence-electron chi connectivity index (χ4n) is 1.42. The largest absolute Gasteiger partial charge is 0.352 e. The maximum atomic E-state index is 13.2. The lowest BCUT2D eigenvalue weighted by Crippen LogP contribution is -2.38. The van der Waals surface area contributed by atoms with E-state index in [0.717, 1.165) is 5.56 Å². The molecule has 0 aromatic heterocycles. The molecule has 0 fully saturated rings. The van der Waals surface area contributed by atoms with Crippen LogP contribution < -0.4 is 11.1 Å². The number of carbonyl (C=O) groups is 1. The summed E-state index contributed by atoms with van der Waals surface area (Å²) in [6, 6.07) is 4.93. The van der Waals surface area contributed by atoms with Crippen LogP contribution in [0.5, 0.6) is 0 Å². The fraction of sp³-hybridized carbons (Fsp3) is 0.462. The third-order valence-electron chi connectivity index (χ3n) is 2.34. The fourth-order valence-corrected chi connectivity index (χ4v) is 1.42. The van der Waals surface area contributed by atoms with Crippen molar-refractivity contribution in [1.29, 1.82) is 0 Å². The molecule has 0 radical (unpaired) electrons. The van der Waals surface area contributed by atoms with E-state index in [9.17, 15) is 9.18 Å². The Balaban J connectivity index is 2.50. The molecule has 3 N–H and O–H groups in total. The summed E-state index contributed by atoms with van der Waals surface area (Å²) in [5.74, 6) is -0.380. The van der Waals surface area contributed by atoms with E-state index < -0.39 is 5.54 Å². The average molecular weight is 238 g/mol. The highest BCUT2D eigenvalue weighted by molar-refractivity contribution is 5.77. The van der Waals surface area contributed by atoms with Crippen molar-refractivity contribution in [3.8, 4) is 0 Å². The molecule has 0 unspecified atom stereocenters. The van der Waals surface area contributed by atoms with E-state index >= 15 is 0 Å². The van der Waals surface area contributed by atoms with E-state index in [2.05, 4.69) is 5.32 Å². The predicted octanol–water partition coefficient (Wildman–Crippen LogP) is 1.88. The van der Waals surface area contributed by atoms with Crippen molar-refractivity contribution in [2.45, 2.75) is 39.3 Å². The molecule has 17 heavy (non-hydrogen) atoms. The Kier molecular flexibility index (Phi) is 4.23. The first-order valence-corrected chi connectivity index (χ1v) is 5.58. The number of amides is 1. The summed E-state index contributed by atoms with van der Waals surface area (Å²) in [5, 5.41) is 2.72. The SMILES string of the molecule is Cc1ccc(CNC(=O)CC(C)(C)N)cc1F. The normalized spacial score (nSPS) is 11.4. The summed E-state index contributed by atoms with van der Waals surface area (Å²) in [5.41, 5.74) is 6.55. The third-order valence-corrected chi connectivity index (χ3v) is 2.34. The molecule has 0 saturated carbocycles. The summed E-state index contributed by atoms with van der Waals surface area (Å²) in [4.78, 5) is 11.5. The standard InChI is InChI=1S/C13H19FN2O/c1-9-4-5-10(6-11(9)14)8-16-12(17)7-13(2,3)15/h4-6H,7-8,15H2,1-3H3,(H,16,17). The van der Waals surface area contributed by atoms with Gasteiger partial charge in [0.05, 0.1) is 0 Å². The highest BCUT2D eigenvalue weighted by Gasteiger charge is 2.15. The first-order chi connectivity index (χ1) is 7.78. The second-order valence-corrected chi connectivity index (χ2v) is 5.03. The lowest BCUT2D eigenvalue weighted by atomic mass is 10.0. The maximum absolute atomic E-state index is 13.2. The molecule has 0 atom stereocenters. The van der Waals surface area contributed by atoms with E-state index in [4.69, 9.17) is 5.73 Å². The second-order valence-electron chi connectivity index (χ2n) is 5.03. The van der Waals surface area contributed by atoms with Crippen LogP contribution in [0.3, 0.4) is 0 Å². The Morgan fingerprint density at radius 2 is 2.12 bits per heavy atom. The van der Waals surface area contributed by atoms with Crippen LogP contribution in [0.1, 0.15) is 31.4 Å². The molecular weight excluding hydrogens is 219 g/mol. The molecule has 0 aliphatic rings. The molecule has 1 aromatic carbocycles. The molecule has 4 heteroatoms. The summed E-state index contributed by atoms with van der Waals surface area (Å²) >= 11 is 0. The maximum Gasteiger partial charge on any atom is 0.222 e. The molecule has 3 nitrogen and oxygen atoms in total. The Morgan fingerprint density at radius 1 is 1.47 bits per heavy atom. The highest BCUT2D eigenvalue weighted by atomic mass is 19.1. The Morgan fingerprint density at radius 3 is 2.65 bits per heavy atom. The molecular formula is C13H19FN2O. The molecule has 0 aliphatic heterocycles. The van der Waals surface area contributed by atoms with Gasteiger partial charge in [-0.2, -0.15) is 0 Å². The zero-order valence-electron chi connectivity index (χ0n) is 10.5. The summed E-state index contributed by atoms with van der Waals surface area (Å²) in [6.45, 7) is 5.61. The van der Waals surface area contributed by atoms with Gasteiger partial charge in [0.25, 0.3) is 0 Å². The quantitative estimate of drug-likeness (QED) is 0.841. The Hall–Kier alpha value is -1.42. The average Bonchev–Trinajstić information content (AvgIpc) is 2.17. The minimum absolute atomic E-state index is 0.126. The van der Waals surface area contributed by atoms with Crippen LogP contribution in [0, 0.1) is 12.7 Å².